The van der Waals surface area contributed by atoms with Crippen LogP contribution in [0.4, 0.5) is 0 Å². The molecule has 0 spiro atoms. The molecule has 3 rings (SSSR count). The van der Waals surface area contributed by atoms with Crippen molar-refractivity contribution in [2.75, 3.05) is 0 Å². The lowest BCUT2D eigenvalue weighted by Crippen LogP contribution is -1.82. The maximum atomic E-state index is 6.07. The lowest BCUT2D eigenvalue weighted by Gasteiger charge is -2.03. The molecule has 1 nitrogen and oxygen atoms in total. The van der Waals surface area contributed by atoms with E-state index < -0.39 is 0 Å². The van der Waals surface area contributed by atoms with Crippen molar-refractivity contribution in [3.05, 3.63) is 65.7 Å². The third kappa shape index (κ3) is 1.88. The zero-order chi connectivity index (χ0) is 13.4. The van der Waals surface area contributed by atoms with Crippen LogP contribution in [-0.2, 0) is 0 Å². The van der Waals surface area contributed by atoms with Crippen molar-refractivity contribution in [2.45, 2.75) is 13.8 Å². The highest BCUT2D eigenvalue weighted by molar-refractivity contribution is 5.94. The zero-order valence-corrected chi connectivity index (χ0v) is 11.2. The third-order valence-electron chi connectivity index (χ3n) is 3.48. The number of hydrogen-bond acceptors (Lipinski definition) is 1. The average molecular weight is 248 g/mol. The summed E-state index contributed by atoms with van der Waals surface area (Å²) in [5.41, 5.74) is 5.54. The quantitative estimate of drug-likeness (QED) is 0.595. The molecule has 0 bridgehead atoms. The summed E-state index contributed by atoms with van der Waals surface area (Å²) in [6.45, 7) is 8.10. The summed E-state index contributed by atoms with van der Waals surface area (Å²) in [5, 5.41) is 1.12. The molecule has 0 saturated heterocycles. The number of rotatable bonds is 2. The minimum Gasteiger partial charge on any atom is -0.455 e. The van der Waals surface area contributed by atoms with Gasteiger partial charge in [0.1, 0.15) is 11.3 Å². The normalized spacial score (nSPS) is 10.8. The predicted octanol–water partition coefficient (Wildman–Crippen LogP) is 5.36. The first kappa shape index (κ1) is 11.8. The molecule has 94 valence electrons. The van der Waals surface area contributed by atoms with Crippen LogP contribution in [0.2, 0.25) is 0 Å². The molecule has 0 amide bonds. The van der Waals surface area contributed by atoms with Crippen LogP contribution in [0.1, 0.15) is 16.7 Å². The SMILES string of the molecule is C=Cc1c(-c2ccccc2C)oc2cc(C)ccc12. The zero-order valence-electron chi connectivity index (χ0n) is 11.2. The van der Waals surface area contributed by atoms with Crippen LogP contribution in [0.5, 0.6) is 0 Å². The van der Waals surface area contributed by atoms with Gasteiger partial charge in [0.15, 0.2) is 0 Å². The van der Waals surface area contributed by atoms with Gasteiger partial charge >= 0.3 is 0 Å². The Labute approximate surface area is 113 Å². The largest absolute Gasteiger partial charge is 0.455 e. The second-order valence-corrected chi connectivity index (χ2v) is 4.86. The molecule has 0 fully saturated rings. The van der Waals surface area contributed by atoms with Gasteiger partial charge in [0.05, 0.1) is 0 Å². The second kappa shape index (κ2) is 4.43. The number of furan rings is 1. The minimum atomic E-state index is 0.911. The monoisotopic (exact) mass is 248 g/mol. The predicted molar refractivity (Wildman–Crippen MR) is 81.2 cm³/mol. The number of fused-ring (bicyclic) bond motifs is 1. The van der Waals surface area contributed by atoms with Crippen molar-refractivity contribution >= 4 is 17.0 Å². The van der Waals surface area contributed by atoms with Crippen molar-refractivity contribution in [2.24, 2.45) is 0 Å². The second-order valence-electron chi connectivity index (χ2n) is 4.86. The van der Waals surface area contributed by atoms with E-state index >= 15 is 0 Å². The summed E-state index contributed by atoms with van der Waals surface area (Å²) in [7, 11) is 0. The Morgan fingerprint density at radius 2 is 1.84 bits per heavy atom. The summed E-state index contributed by atoms with van der Waals surface area (Å²) in [5.74, 6) is 0.911. The number of aryl methyl sites for hydroxylation is 2. The van der Waals surface area contributed by atoms with Gasteiger partial charge in [-0.3, -0.25) is 0 Å². The van der Waals surface area contributed by atoms with Crippen molar-refractivity contribution < 1.29 is 4.42 Å². The molecule has 0 aliphatic carbocycles. The fraction of sp³-hybridized carbons (Fsp3) is 0.111. The molecular formula is C18H16O. The molecule has 0 aliphatic rings. The van der Waals surface area contributed by atoms with E-state index in [-0.39, 0.29) is 0 Å². The average Bonchev–Trinajstić information content (AvgIpc) is 2.76. The molecule has 3 aromatic rings. The van der Waals surface area contributed by atoms with E-state index in [4.69, 9.17) is 4.42 Å². The molecule has 0 atom stereocenters. The van der Waals surface area contributed by atoms with Gasteiger partial charge in [-0.25, -0.2) is 0 Å². The highest BCUT2D eigenvalue weighted by atomic mass is 16.3. The van der Waals surface area contributed by atoms with Crippen LogP contribution < -0.4 is 0 Å². The molecule has 19 heavy (non-hydrogen) atoms. The van der Waals surface area contributed by atoms with Gasteiger partial charge in [-0.2, -0.15) is 0 Å². The molecule has 0 unspecified atom stereocenters. The Balaban J connectivity index is 2.35. The Morgan fingerprint density at radius 1 is 1.05 bits per heavy atom. The van der Waals surface area contributed by atoms with E-state index in [9.17, 15) is 0 Å². The lowest BCUT2D eigenvalue weighted by atomic mass is 10.0. The van der Waals surface area contributed by atoms with Crippen LogP contribution in [0.15, 0.2) is 53.5 Å². The molecule has 0 aliphatic heterocycles. The Kier molecular flexibility index (Phi) is 2.75. The summed E-state index contributed by atoms with van der Waals surface area (Å²) in [6.07, 6.45) is 1.88. The summed E-state index contributed by atoms with van der Waals surface area (Å²) >= 11 is 0. The van der Waals surface area contributed by atoms with Gasteiger partial charge in [-0.05, 0) is 31.0 Å². The van der Waals surface area contributed by atoms with Crippen LogP contribution in [-0.4, -0.2) is 0 Å². The molecule has 0 N–H and O–H groups in total. The van der Waals surface area contributed by atoms with Gasteiger partial charge in [0.2, 0.25) is 0 Å². The molecule has 0 saturated carbocycles. The van der Waals surface area contributed by atoms with Crippen LogP contribution in [0.3, 0.4) is 0 Å². The molecule has 1 heterocycles. The van der Waals surface area contributed by atoms with E-state index in [1.807, 2.05) is 18.2 Å². The highest BCUT2D eigenvalue weighted by Gasteiger charge is 2.14. The molecular weight excluding hydrogens is 232 g/mol. The third-order valence-corrected chi connectivity index (χ3v) is 3.48. The van der Waals surface area contributed by atoms with E-state index in [2.05, 4.69) is 50.8 Å². The summed E-state index contributed by atoms with van der Waals surface area (Å²) in [6, 6.07) is 14.5. The Hall–Kier alpha value is -2.28. The fourth-order valence-corrected chi connectivity index (χ4v) is 2.45. The summed E-state index contributed by atoms with van der Waals surface area (Å²) < 4.78 is 6.07. The molecule has 2 aromatic carbocycles. The van der Waals surface area contributed by atoms with E-state index in [0.717, 1.165) is 27.9 Å². The molecule has 1 aromatic heterocycles. The van der Waals surface area contributed by atoms with Crippen LogP contribution in [0, 0.1) is 13.8 Å². The van der Waals surface area contributed by atoms with E-state index in [1.54, 1.807) is 0 Å². The van der Waals surface area contributed by atoms with Crippen molar-refractivity contribution in [3.63, 3.8) is 0 Å². The van der Waals surface area contributed by atoms with Gasteiger partial charge < -0.3 is 4.42 Å². The van der Waals surface area contributed by atoms with Crippen molar-refractivity contribution in [1.82, 2.24) is 0 Å². The fourth-order valence-electron chi connectivity index (χ4n) is 2.45. The minimum absolute atomic E-state index is 0.911. The standard InChI is InChI=1S/C18H16O/c1-4-14-16-10-9-12(2)11-17(16)19-18(14)15-8-6-5-7-13(15)3/h4-11H,1H2,2-3H3. The Bertz CT molecular complexity index is 762. The van der Waals surface area contributed by atoms with E-state index in [0.29, 0.717) is 0 Å². The van der Waals surface area contributed by atoms with Crippen molar-refractivity contribution in [1.29, 1.82) is 0 Å². The van der Waals surface area contributed by atoms with E-state index in [1.165, 1.54) is 11.1 Å². The molecule has 1 heteroatoms. The first-order chi connectivity index (χ1) is 9.20. The summed E-state index contributed by atoms with van der Waals surface area (Å²) in [4.78, 5) is 0. The van der Waals surface area contributed by atoms with Gasteiger partial charge in [0, 0.05) is 16.5 Å². The number of benzene rings is 2. The van der Waals surface area contributed by atoms with Crippen molar-refractivity contribution in [3.8, 4) is 11.3 Å². The smallest absolute Gasteiger partial charge is 0.142 e. The highest BCUT2D eigenvalue weighted by Crippen LogP contribution is 2.36. The lowest BCUT2D eigenvalue weighted by molar-refractivity contribution is 0.630. The van der Waals surface area contributed by atoms with Crippen LogP contribution >= 0.6 is 0 Å². The van der Waals surface area contributed by atoms with Gasteiger partial charge in [-0.15, -0.1) is 0 Å². The Morgan fingerprint density at radius 3 is 2.58 bits per heavy atom. The molecule has 0 radical (unpaired) electrons. The first-order valence-corrected chi connectivity index (χ1v) is 6.42. The maximum absolute atomic E-state index is 6.07. The first-order valence-electron chi connectivity index (χ1n) is 6.42. The van der Waals surface area contributed by atoms with Gasteiger partial charge in [0.25, 0.3) is 0 Å². The number of hydrogen-bond donors (Lipinski definition) is 0. The topological polar surface area (TPSA) is 13.1 Å². The van der Waals surface area contributed by atoms with Gasteiger partial charge in [-0.1, -0.05) is 49.1 Å². The maximum Gasteiger partial charge on any atom is 0.142 e. The van der Waals surface area contributed by atoms with Crippen LogP contribution in [0.25, 0.3) is 28.4 Å².